The van der Waals surface area contributed by atoms with Gasteiger partial charge in [0.25, 0.3) is 0 Å². The molecule has 2 aromatic rings. The van der Waals surface area contributed by atoms with E-state index in [2.05, 4.69) is 15.0 Å². The number of oxazole rings is 1. The van der Waals surface area contributed by atoms with Gasteiger partial charge in [-0.1, -0.05) is 0 Å². The van der Waals surface area contributed by atoms with E-state index in [1.165, 1.54) is 0 Å². The molecule has 0 aliphatic carbocycles. The first-order valence-electron chi connectivity index (χ1n) is 5.94. The molecule has 0 spiro atoms. The van der Waals surface area contributed by atoms with Gasteiger partial charge < -0.3 is 4.42 Å². The van der Waals surface area contributed by atoms with E-state index in [4.69, 9.17) is 4.42 Å². The fourth-order valence-electron chi connectivity index (χ4n) is 2.38. The van der Waals surface area contributed by atoms with Crippen molar-refractivity contribution in [2.75, 3.05) is 13.1 Å². The summed E-state index contributed by atoms with van der Waals surface area (Å²) < 4.78 is 7.27. The SMILES string of the molecule is Cc1nc(CN2CCC(n3cccn3)C2)co1. The van der Waals surface area contributed by atoms with Gasteiger partial charge in [-0.2, -0.15) is 5.10 Å². The standard InChI is InChI=1S/C12H16N4O/c1-10-14-11(9-17-10)7-15-6-3-12(8-15)16-5-2-4-13-16/h2,4-5,9,12H,3,6-8H2,1H3. The molecule has 2 aromatic heterocycles. The molecule has 3 rings (SSSR count). The number of aromatic nitrogens is 3. The Labute approximate surface area is 100 Å². The van der Waals surface area contributed by atoms with Gasteiger partial charge in [0.1, 0.15) is 6.26 Å². The quantitative estimate of drug-likeness (QED) is 0.807. The van der Waals surface area contributed by atoms with Crippen molar-refractivity contribution in [2.24, 2.45) is 0 Å². The van der Waals surface area contributed by atoms with Crippen LogP contribution >= 0.6 is 0 Å². The van der Waals surface area contributed by atoms with Crippen LogP contribution in [0.1, 0.15) is 24.0 Å². The van der Waals surface area contributed by atoms with Crippen LogP contribution in [0.5, 0.6) is 0 Å². The maximum atomic E-state index is 5.22. The van der Waals surface area contributed by atoms with Crippen molar-refractivity contribution in [3.05, 3.63) is 36.3 Å². The number of likely N-dealkylation sites (tertiary alicyclic amines) is 1. The third-order valence-electron chi connectivity index (χ3n) is 3.20. The molecule has 1 unspecified atom stereocenters. The second-order valence-electron chi connectivity index (χ2n) is 4.52. The van der Waals surface area contributed by atoms with Gasteiger partial charge in [0, 0.05) is 39.0 Å². The van der Waals surface area contributed by atoms with Gasteiger partial charge in [-0.3, -0.25) is 9.58 Å². The molecule has 0 saturated carbocycles. The molecule has 0 bridgehead atoms. The summed E-state index contributed by atoms with van der Waals surface area (Å²) in [5.41, 5.74) is 1.02. The Hall–Kier alpha value is -1.62. The number of aryl methyl sites for hydroxylation is 1. The highest BCUT2D eigenvalue weighted by Gasteiger charge is 2.24. The molecule has 0 amide bonds. The highest BCUT2D eigenvalue weighted by molar-refractivity contribution is 4.97. The molecule has 1 atom stereocenters. The smallest absolute Gasteiger partial charge is 0.191 e. The summed E-state index contributed by atoms with van der Waals surface area (Å²) in [6.45, 7) is 4.87. The zero-order valence-electron chi connectivity index (χ0n) is 9.91. The van der Waals surface area contributed by atoms with Crippen molar-refractivity contribution < 1.29 is 4.42 Å². The highest BCUT2D eigenvalue weighted by atomic mass is 16.3. The lowest BCUT2D eigenvalue weighted by atomic mass is 10.3. The van der Waals surface area contributed by atoms with Gasteiger partial charge in [-0.25, -0.2) is 4.98 Å². The van der Waals surface area contributed by atoms with E-state index in [-0.39, 0.29) is 0 Å². The Balaban J connectivity index is 1.61. The Morgan fingerprint density at radius 2 is 2.47 bits per heavy atom. The molecule has 0 radical (unpaired) electrons. The predicted octanol–water partition coefficient (Wildman–Crippen LogP) is 1.63. The topological polar surface area (TPSA) is 47.1 Å². The van der Waals surface area contributed by atoms with Crippen LogP contribution in [0.25, 0.3) is 0 Å². The largest absolute Gasteiger partial charge is 0.449 e. The molecule has 0 aromatic carbocycles. The molecular weight excluding hydrogens is 216 g/mol. The lowest BCUT2D eigenvalue weighted by molar-refractivity contribution is 0.308. The normalized spacial score (nSPS) is 21.1. The molecule has 1 aliphatic heterocycles. The predicted molar refractivity (Wildman–Crippen MR) is 62.4 cm³/mol. The number of rotatable bonds is 3. The van der Waals surface area contributed by atoms with Crippen LogP contribution in [0.2, 0.25) is 0 Å². The average Bonchev–Trinajstić information content (AvgIpc) is 3.00. The van der Waals surface area contributed by atoms with Crippen molar-refractivity contribution in [1.29, 1.82) is 0 Å². The van der Waals surface area contributed by atoms with Crippen LogP contribution in [0.3, 0.4) is 0 Å². The van der Waals surface area contributed by atoms with E-state index >= 15 is 0 Å². The molecule has 17 heavy (non-hydrogen) atoms. The lowest BCUT2D eigenvalue weighted by Gasteiger charge is -2.14. The monoisotopic (exact) mass is 232 g/mol. The molecule has 1 aliphatic rings. The van der Waals surface area contributed by atoms with Crippen LogP contribution in [-0.4, -0.2) is 32.8 Å². The summed E-state index contributed by atoms with van der Waals surface area (Å²) >= 11 is 0. The molecule has 5 heteroatoms. The molecule has 0 N–H and O–H groups in total. The lowest BCUT2D eigenvalue weighted by Crippen LogP contribution is -2.21. The Morgan fingerprint density at radius 3 is 3.18 bits per heavy atom. The molecule has 3 heterocycles. The van der Waals surface area contributed by atoms with Gasteiger partial charge >= 0.3 is 0 Å². The first-order chi connectivity index (χ1) is 8.31. The zero-order chi connectivity index (χ0) is 11.7. The maximum absolute atomic E-state index is 5.22. The maximum Gasteiger partial charge on any atom is 0.191 e. The van der Waals surface area contributed by atoms with Crippen molar-refractivity contribution in [2.45, 2.75) is 25.9 Å². The van der Waals surface area contributed by atoms with Gasteiger partial charge in [-0.05, 0) is 12.5 Å². The number of hydrogen-bond donors (Lipinski definition) is 0. The molecule has 1 saturated heterocycles. The summed E-state index contributed by atoms with van der Waals surface area (Å²) in [6.07, 6.45) is 6.77. The zero-order valence-corrected chi connectivity index (χ0v) is 9.91. The van der Waals surface area contributed by atoms with E-state index in [1.54, 1.807) is 6.26 Å². The van der Waals surface area contributed by atoms with Crippen molar-refractivity contribution in [3.8, 4) is 0 Å². The fourth-order valence-corrected chi connectivity index (χ4v) is 2.38. The van der Waals surface area contributed by atoms with Gasteiger partial charge in [0.2, 0.25) is 0 Å². The van der Waals surface area contributed by atoms with Crippen LogP contribution in [0.15, 0.2) is 29.1 Å². The summed E-state index contributed by atoms with van der Waals surface area (Å²) in [6, 6.07) is 2.47. The first kappa shape index (κ1) is 10.5. The number of nitrogens with zero attached hydrogens (tertiary/aromatic N) is 4. The minimum absolute atomic E-state index is 0.498. The minimum Gasteiger partial charge on any atom is -0.449 e. The van der Waals surface area contributed by atoms with E-state index in [1.807, 2.05) is 30.1 Å². The summed E-state index contributed by atoms with van der Waals surface area (Å²) in [5, 5.41) is 4.30. The van der Waals surface area contributed by atoms with Gasteiger partial charge in [-0.15, -0.1) is 0 Å². The van der Waals surface area contributed by atoms with Crippen molar-refractivity contribution in [3.63, 3.8) is 0 Å². The molecule has 5 nitrogen and oxygen atoms in total. The third-order valence-corrected chi connectivity index (χ3v) is 3.20. The Kier molecular flexibility index (Phi) is 2.68. The molecule has 1 fully saturated rings. The average molecular weight is 232 g/mol. The number of hydrogen-bond acceptors (Lipinski definition) is 4. The van der Waals surface area contributed by atoms with E-state index in [9.17, 15) is 0 Å². The van der Waals surface area contributed by atoms with Crippen LogP contribution in [0, 0.1) is 6.92 Å². The first-order valence-corrected chi connectivity index (χ1v) is 5.94. The second-order valence-corrected chi connectivity index (χ2v) is 4.52. The van der Waals surface area contributed by atoms with Gasteiger partial charge in [0.05, 0.1) is 11.7 Å². The van der Waals surface area contributed by atoms with Crippen LogP contribution in [-0.2, 0) is 6.54 Å². The second kappa shape index (κ2) is 4.33. The summed E-state index contributed by atoms with van der Waals surface area (Å²) in [7, 11) is 0. The third kappa shape index (κ3) is 2.24. The van der Waals surface area contributed by atoms with Crippen molar-refractivity contribution >= 4 is 0 Å². The Morgan fingerprint density at radius 1 is 1.53 bits per heavy atom. The Bertz CT molecular complexity index is 476. The highest BCUT2D eigenvalue weighted by Crippen LogP contribution is 2.21. The van der Waals surface area contributed by atoms with E-state index in [0.29, 0.717) is 6.04 Å². The van der Waals surface area contributed by atoms with E-state index in [0.717, 1.165) is 37.6 Å². The fraction of sp³-hybridized carbons (Fsp3) is 0.500. The summed E-state index contributed by atoms with van der Waals surface area (Å²) in [4.78, 5) is 6.72. The van der Waals surface area contributed by atoms with Crippen LogP contribution < -0.4 is 0 Å². The van der Waals surface area contributed by atoms with E-state index < -0.39 is 0 Å². The van der Waals surface area contributed by atoms with Gasteiger partial charge in [0.15, 0.2) is 5.89 Å². The van der Waals surface area contributed by atoms with Crippen LogP contribution in [0.4, 0.5) is 0 Å². The summed E-state index contributed by atoms with van der Waals surface area (Å²) in [5.74, 6) is 0.739. The minimum atomic E-state index is 0.498. The van der Waals surface area contributed by atoms with Crippen molar-refractivity contribution in [1.82, 2.24) is 19.7 Å². The molecular formula is C12H16N4O. The molecule has 90 valence electrons.